The van der Waals surface area contributed by atoms with E-state index in [1.807, 2.05) is 0 Å². The van der Waals surface area contributed by atoms with Crippen molar-refractivity contribution in [1.29, 1.82) is 0 Å². The molecule has 5 N–H and O–H groups in total. The minimum absolute atomic E-state index is 0.0469. The van der Waals surface area contributed by atoms with Crippen LogP contribution in [0.2, 0.25) is 5.02 Å². The minimum atomic E-state index is -4.80. The predicted octanol–water partition coefficient (Wildman–Crippen LogP) is 1.64. The van der Waals surface area contributed by atoms with Crippen LogP contribution in [0.3, 0.4) is 0 Å². The number of hydrogen-bond acceptors (Lipinski definition) is 6. The SMILES string of the molecule is C[C@@H](COCc1n[nH]c(CN)c1Cl)Nc1cn[nH]c(=O)c1C(F)(F)F. The quantitative estimate of drug-likeness (QED) is 0.579. The number of ether oxygens (including phenoxy) is 1. The number of nitrogens with two attached hydrogens (primary N) is 1. The number of aromatic nitrogens is 4. The molecule has 0 radical (unpaired) electrons. The van der Waals surface area contributed by atoms with Crippen molar-refractivity contribution in [2.45, 2.75) is 32.3 Å². The van der Waals surface area contributed by atoms with E-state index in [1.165, 1.54) is 0 Å². The Labute approximate surface area is 144 Å². The van der Waals surface area contributed by atoms with E-state index in [-0.39, 0.29) is 19.8 Å². The smallest absolute Gasteiger partial charge is 0.378 e. The molecule has 2 rings (SSSR count). The van der Waals surface area contributed by atoms with Crippen molar-refractivity contribution in [3.8, 4) is 0 Å². The number of H-pyrrole nitrogens is 2. The highest BCUT2D eigenvalue weighted by molar-refractivity contribution is 6.31. The zero-order valence-corrected chi connectivity index (χ0v) is 13.8. The van der Waals surface area contributed by atoms with Crippen LogP contribution in [0.1, 0.15) is 23.9 Å². The zero-order chi connectivity index (χ0) is 18.6. The number of nitrogens with zero attached hydrogens (tertiary/aromatic N) is 2. The summed E-state index contributed by atoms with van der Waals surface area (Å²) in [6.45, 7) is 1.89. The van der Waals surface area contributed by atoms with Gasteiger partial charge in [-0.2, -0.15) is 23.4 Å². The molecule has 2 aromatic rings. The van der Waals surface area contributed by atoms with Crippen molar-refractivity contribution in [3.05, 3.63) is 38.5 Å². The second-order valence-electron chi connectivity index (χ2n) is 5.21. The third-order valence-electron chi connectivity index (χ3n) is 3.20. The summed E-state index contributed by atoms with van der Waals surface area (Å²) in [5.74, 6) is 0. The lowest BCUT2D eigenvalue weighted by atomic mass is 10.2. The van der Waals surface area contributed by atoms with Crippen LogP contribution in [0.15, 0.2) is 11.0 Å². The first-order chi connectivity index (χ1) is 11.7. The van der Waals surface area contributed by atoms with Gasteiger partial charge in [0.2, 0.25) is 0 Å². The van der Waals surface area contributed by atoms with Gasteiger partial charge in [-0.05, 0) is 6.92 Å². The second-order valence-corrected chi connectivity index (χ2v) is 5.59. The number of halogens is 4. The Morgan fingerprint density at radius 3 is 2.76 bits per heavy atom. The molecule has 0 bridgehead atoms. The van der Waals surface area contributed by atoms with Crippen LogP contribution < -0.4 is 16.6 Å². The summed E-state index contributed by atoms with van der Waals surface area (Å²) >= 11 is 6.02. The van der Waals surface area contributed by atoms with Crippen LogP contribution in [0, 0.1) is 0 Å². The van der Waals surface area contributed by atoms with Crippen LogP contribution in [0.25, 0.3) is 0 Å². The van der Waals surface area contributed by atoms with Gasteiger partial charge in [0, 0.05) is 12.6 Å². The normalized spacial score (nSPS) is 13.0. The van der Waals surface area contributed by atoms with Crippen LogP contribution in [-0.4, -0.2) is 33.0 Å². The first-order valence-corrected chi connectivity index (χ1v) is 7.52. The van der Waals surface area contributed by atoms with Gasteiger partial charge >= 0.3 is 6.18 Å². The molecule has 0 spiro atoms. The number of hydrogen-bond donors (Lipinski definition) is 4. The summed E-state index contributed by atoms with van der Waals surface area (Å²) in [6.07, 6.45) is -3.90. The van der Waals surface area contributed by atoms with Gasteiger partial charge < -0.3 is 15.8 Å². The van der Waals surface area contributed by atoms with E-state index in [2.05, 4.69) is 20.6 Å². The highest BCUT2D eigenvalue weighted by Gasteiger charge is 2.37. The topological polar surface area (TPSA) is 122 Å². The maximum atomic E-state index is 13.0. The maximum Gasteiger partial charge on any atom is 0.423 e. The number of alkyl halides is 3. The Balaban J connectivity index is 1.97. The Morgan fingerprint density at radius 2 is 2.16 bits per heavy atom. The molecule has 0 unspecified atom stereocenters. The van der Waals surface area contributed by atoms with Gasteiger partial charge in [-0.15, -0.1) is 0 Å². The second kappa shape index (κ2) is 7.85. The van der Waals surface area contributed by atoms with Crippen molar-refractivity contribution < 1.29 is 17.9 Å². The monoisotopic (exact) mass is 380 g/mol. The lowest BCUT2D eigenvalue weighted by Crippen LogP contribution is -2.29. The van der Waals surface area contributed by atoms with Gasteiger partial charge in [0.05, 0.1) is 35.8 Å². The van der Waals surface area contributed by atoms with Gasteiger partial charge in [-0.3, -0.25) is 9.89 Å². The van der Waals surface area contributed by atoms with Crippen molar-refractivity contribution in [2.24, 2.45) is 5.73 Å². The van der Waals surface area contributed by atoms with E-state index in [1.54, 1.807) is 12.0 Å². The fourth-order valence-electron chi connectivity index (χ4n) is 2.07. The molecule has 2 aromatic heterocycles. The van der Waals surface area contributed by atoms with Gasteiger partial charge in [-0.25, -0.2) is 5.10 Å². The summed E-state index contributed by atoms with van der Waals surface area (Å²) in [6, 6.07) is -0.531. The fraction of sp³-hybridized carbons (Fsp3) is 0.462. The van der Waals surface area contributed by atoms with E-state index < -0.39 is 29.0 Å². The predicted molar refractivity (Wildman–Crippen MR) is 84.1 cm³/mol. The Morgan fingerprint density at radius 1 is 1.44 bits per heavy atom. The number of anilines is 1. The van der Waals surface area contributed by atoms with Crippen molar-refractivity contribution in [2.75, 3.05) is 11.9 Å². The third-order valence-corrected chi connectivity index (χ3v) is 3.64. The zero-order valence-electron chi connectivity index (χ0n) is 13.1. The van der Waals surface area contributed by atoms with Gasteiger partial charge in [0.25, 0.3) is 5.56 Å². The number of rotatable bonds is 7. The number of nitrogens with one attached hydrogen (secondary N) is 3. The van der Waals surface area contributed by atoms with E-state index in [0.29, 0.717) is 16.4 Å². The average molecular weight is 381 g/mol. The average Bonchev–Trinajstić information content (AvgIpc) is 2.86. The highest BCUT2D eigenvalue weighted by atomic mass is 35.5. The molecule has 0 aliphatic heterocycles. The minimum Gasteiger partial charge on any atom is -0.378 e. The summed E-state index contributed by atoms with van der Waals surface area (Å²) in [4.78, 5) is 11.4. The molecular weight excluding hydrogens is 365 g/mol. The first kappa shape index (κ1) is 19.2. The maximum absolute atomic E-state index is 13.0. The molecule has 138 valence electrons. The third kappa shape index (κ3) is 4.71. The Bertz CT molecular complexity index is 776. The van der Waals surface area contributed by atoms with Gasteiger partial charge in [0.15, 0.2) is 0 Å². The molecule has 1 atom stereocenters. The van der Waals surface area contributed by atoms with Crippen molar-refractivity contribution in [3.63, 3.8) is 0 Å². The summed E-state index contributed by atoms with van der Waals surface area (Å²) in [7, 11) is 0. The molecule has 2 heterocycles. The summed E-state index contributed by atoms with van der Waals surface area (Å²) < 4.78 is 44.3. The lowest BCUT2D eigenvalue weighted by molar-refractivity contribution is -0.138. The van der Waals surface area contributed by atoms with Crippen molar-refractivity contribution >= 4 is 17.3 Å². The lowest BCUT2D eigenvalue weighted by Gasteiger charge is -2.18. The summed E-state index contributed by atoms with van der Waals surface area (Å²) in [5.41, 5.74) is 3.40. The molecular formula is C13H16ClF3N6O2. The van der Waals surface area contributed by atoms with Crippen LogP contribution >= 0.6 is 11.6 Å². The molecule has 25 heavy (non-hydrogen) atoms. The molecule has 12 heteroatoms. The first-order valence-electron chi connectivity index (χ1n) is 7.14. The highest BCUT2D eigenvalue weighted by Crippen LogP contribution is 2.31. The van der Waals surface area contributed by atoms with E-state index >= 15 is 0 Å². The van der Waals surface area contributed by atoms with Gasteiger partial charge in [-0.1, -0.05) is 11.6 Å². The standard InChI is InChI=1S/C13H16ClF3N6O2/c1-6(4-25-5-9-11(14)7(2-18)21-22-9)20-8-3-19-23-12(24)10(8)13(15,16)17/h3,6H,2,4-5,18H2,1H3,(H,21,22)(H2,20,23,24)/t6-/m0/s1. The molecule has 0 fully saturated rings. The molecule has 0 aromatic carbocycles. The summed E-state index contributed by atoms with van der Waals surface area (Å²) in [5, 5.41) is 14.7. The molecule has 0 saturated carbocycles. The van der Waals surface area contributed by atoms with Crippen LogP contribution in [-0.2, 0) is 24.1 Å². The molecule has 8 nitrogen and oxygen atoms in total. The van der Waals surface area contributed by atoms with E-state index in [0.717, 1.165) is 6.20 Å². The molecule has 0 aliphatic carbocycles. The fourth-order valence-corrected chi connectivity index (χ4v) is 2.28. The van der Waals surface area contributed by atoms with Crippen LogP contribution in [0.4, 0.5) is 18.9 Å². The Hall–Kier alpha value is -2.11. The molecule has 0 amide bonds. The van der Waals surface area contributed by atoms with Gasteiger partial charge in [0.1, 0.15) is 11.3 Å². The van der Waals surface area contributed by atoms with E-state index in [9.17, 15) is 18.0 Å². The van der Waals surface area contributed by atoms with Crippen molar-refractivity contribution in [1.82, 2.24) is 20.4 Å². The molecule has 0 aliphatic rings. The van der Waals surface area contributed by atoms with Crippen LogP contribution in [0.5, 0.6) is 0 Å². The van der Waals surface area contributed by atoms with E-state index in [4.69, 9.17) is 22.1 Å². The number of aromatic amines is 2. The largest absolute Gasteiger partial charge is 0.423 e. The Kier molecular flexibility index (Phi) is 6.03. The molecule has 0 saturated heterocycles.